The molecule has 0 bridgehead atoms. The summed E-state index contributed by atoms with van der Waals surface area (Å²) in [5, 5.41) is 0. The maximum absolute atomic E-state index is 14.3. The topological polar surface area (TPSA) is 49.9 Å². The summed E-state index contributed by atoms with van der Waals surface area (Å²) in [5.41, 5.74) is 3.94. The third-order valence-corrected chi connectivity index (χ3v) is 8.11. The van der Waals surface area contributed by atoms with Gasteiger partial charge >= 0.3 is 0 Å². The van der Waals surface area contributed by atoms with E-state index in [1.807, 2.05) is 25.1 Å². The summed E-state index contributed by atoms with van der Waals surface area (Å²) in [6.45, 7) is 6.83. The SMILES string of the molecule is COc1ccc(C(=O)N2CC(C)(C)S[C@@]23C(=O)N(Cc2ccc(F)cc2)c2ccc(C)cc23)cc1. The second-order valence-electron chi connectivity index (χ2n) is 9.66. The van der Waals surface area contributed by atoms with Crippen LogP contribution in [0.4, 0.5) is 10.1 Å². The van der Waals surface area contributed by atoms with Gasteiger partial charge in [0.25, 0.3) is 11.8 Å². The van der Waals surface area contributed by atoms with Crippen molar-refractivity contribution in [3.8, 4) is 5.75 Å². The molecule has 2 aliphatic rings. The first-order chi connectivity index (χ1) is 16.6. The number of nitrogens with zero attached hydrogens (tertiary/aromatic N) is 2. The monoisotopic (exact) mass is 490 g/mol. The molecular weight excluding hydrogens is 463 g/mol. The lowest BCUT2D eigenvalue weighted by molar-refractivity contribution is -0.123. The highest BCUT2D eigenvalue weighted by Crippen LogP contribution is 2.60. The number of rotatable bonds is 4. The zero-order valence-corrected chi connectivity index (χ0v) is 21.0. The van der Waals surface area contributed by atoms with Crippen molar-refractivity contribution >= 4 is 29.3 Å². The second-order valence-corrected chi connectivity index (χ2v) is 11.6. The van der Waals surface area contributed by atoms with Crippen molar-refractivity contribution in [3.63, 3.8) is 0 Å². The number of ether oxygens (including phenoxy) is 1. The number of carbonyl (C=O) groups is 2. The van der Waals surface area contributed by atoms with Crippen LogP contribution in [0.25, 0.3) is 0 Å². The lowest BCUT2D eigenvalue weighted by Gasteiger charge is -2.33. The highest BCUT2D eigenvalue weighted by molar-refractivity contribution is 8.02. The van der Waals surface area contributed by atoms with Crippen LogP contribution in [0.2, 0.25) is 0 Å². The zero-order valence-electron chi connectivity index (χ0n) is 20.2. The summed E-state index contributed by atoms with van der Waals surface area (Å²) in [5.74, 6) is -0.0100. The lowest BCUT2D eigenvalue weighted by Crippen LogP contribution is -2.50. The molecule has 0 unspecified atom stereocenters. The third-order valence-electron chi connectivity index (χ3n) is 6.52. The summed E-state index contributed by atoms with van der Waals surface area (Å²) in [4.78, 5) is 30.5. The molecule has 0 N–H and O–H groups in total. The van der Waals surface area contributed by atoms with E-state index < -0.39 is 4.87 Å². The van der Waals surface area contributed by atoms with Crippen molar-refractivity contribution in [1.82, 2.24) is 4.90 Å². The van der Waals surface area contributed by atoms with Gasteiger partial charge in [-0.25, -0.2) is 4.39 Å². The number of halogens is 1. The van der Waals surface area contributed by atoms with Gasteiger partial charge in [-0.2, -0.15) is 0 Å². The average Bonchev–Trinajstić information content (AvgIpc) is 3.25. The van der Waals surface area contributed by atoms with Gasteiger partial charge in [-0.3, -0.25) is 9.59 Å². The van der Waals surface area contributed by atoms with Gasteiger partial charge in [-0.1, -0.05) is 29.8 Å². The number of carbonyl (C=O) groups excluding carboxylic acids is 2. The minimum absolute atomic E-state index is 0.153. The number of hydrogen-bond acceptors (Lipinski definition) is 4. The van der Waals surface area contributed by atoms with Gasteiger partial charge in [0.15, 0.2) is 4.87 Å². The Morgan fingerprint density at radius 1 is 1.06 bits per heavy atom. The van der Waals surface area contributed by atoms with Gasteiger partial charge in [-0.15, -0.1) is 11.8 Å². The number of methoxy groups -OCH3 is 1. The first-order valence-electron chi connectivity index (χ1n) is 11.5. The Kier molecular flexibility index (Phi) is 5.63. The van der Waals surface area contributed by atoms with Crippen molar-refractivity contribution in [2.75, 3.05) is 18.6 Å². The van der Waals surface area contributed by atoms with Crippen LogP contribution in [-0.2, 0) is 16.2 Å². The predicted octanol–water partition coefficient (Wildman–Crippen LogP) is 5.51. The summed E-state index contributed by atoms with van der Waals surface area (Å²) in [6, 6.07) is 19.1. The molecule has 0 radical (unpaired) electrons. The first-order valence-corrected chi connectivity index (χ1v) is 12.3. The van der Waals surface area contributed by atoms with E-state index in [0.717, 1.165) is 22.4 Å². The van der Waals surface area contributed by atoms with Crippen molar-refractivity contribution in [2.24, 2.45) is 0 Å². The number of fused-ring (bicyclic) bond motifs is 2. The molecule has 0 aliphatic carbocycles. The average molecular weight is 491 g/mol. The Morgan fingerprint density at radius 2 is 1.74 bits per heavy atom. The number of anilines is 1. The Balaban J connectivity index is 1.62. The lowest BCUT2D eigenvalue weighted by atomic mass is 10.0. The molecule has 3 aromatic rings. The fraction of sp³-hybridized carbons (Fsp3) is 0.286. The van der Waals surface area contributed by atoms with E-state index in [9.17, 15) is 14.0 Å². The zero-order chi connectivity index (χ0) is 25.0. The molecular formula is C28H27FN2O3S. The summed E-state index contributed by atoms with van der Waals surface area (Å²) in [7, 11) is 1.58. The molecule has 0 aromatic heterocycles. The molecule has 180 valence electrons. The molecule has 1 saturated heterocycles. The van der Waals surface area contributed by atoms with Crippen LogP contribution in [0.1, 0.15) is 40.9 Å². The number of aryl methyl sites for hydroxylation is 1. The van der Waals surface area contributed by atoms with Crippen molar-refractivity contribution in [3.05, 3.63) is 94.8 Å². The molecule has 5 rings (SSSR count). The number of hydrogen-bond donors (Lipinski definition) is 0. The van der Waals surface area contributed by atoms with E-state index in [-0.39, 0.29) is 22.4 Å². The summed E-state index contributed by atoms with van der Waals surface area (Å²) >= 11 is 1.52. The fourth-order valence-electron chi connectivity index (χ4n) is 4.94. The van der Waals surface area contributed by atoms with Gasteiger partial charge in [-0.05, 0) is 68.8 Å². The molecule has 2 heterocycles. The summed E-state index contributed by atoms with van der Waals surface area (Å²) < 4.78 is 18.4. The third kappa shape index (κ3) is 3.88. The maximum atomic E-state index is 14.3. The molecule has 0 saturated carbocycles. The van der Waals surface area contributed by atoms with Gasteiger partial charge in [0.05, 0.1) is 19.3 Å². The Labute approximate surface area is 208 Å². The largest absolute Gasteiger partial charge is 0.497 e. The predicted molar refractivity (Wildman–Crippen MR) is 136 cm³/mol. The highest BCUT2D eigenvalue weighted by atomic mass is 32.2. The molecule has 2 amide bonds. The van der Waals surface area contributed by atoms with Gasteiger partial charge in [0.1, 0.15) is 11.6 Å². The molecule has 1 spiro atoms. The minimum atomic E-state index is -1.18. The quantitative estimate of drug-likeness (QED) is 0.484. The normalized spacial score (nSPS) is 20.4. The maximum Gasteiger partial charge on any atom is 0.268 e. The van der Waals surface area contributed by atoms with Crippen LogP contribution in [0, 0.1) is 12.7 Å². The molecule has 7 heteroatoms. The standard InChI is InChI=1S/C28H27FN2O3S/c1-18-5-14-24-23(15-18)28(26(33)30(24)16-19-6-10-21(29)11-7-19)31(17-27(2,3)35-28)25(32)20-8-12-22(34-4)13-9-20/h5-15H,16-17H2,1-4H3/t28-/m0/s1. The van der Waals surface area contributed by atoms with Crippen LogP contribution in [0.15, 0.2) is 66.7 Å². The van der Waals surface area contributed by atoms with E-state index in [4.69, 9.17) is 4.74 Å². The Bertz CT molecular complexity index is 1310. The second kappa shape index (κ2) is 8.41. The molecule has 35 heavy (non-hydrogen) atoms. The van der Waals surface area contributed by atoms with E-state index in [1.165, 1.54) is 23.9 Å². The number of benzene rings is 3. The molecule has 3 aromatic carbocycles. The minimum Gasteiger partial charge on any atom is -0.497 e. The van der Waals surface area contributed by atoms with Crippen molar-refractivity contribution in [2.45, 2.75) is 36.9 Å². The Morgan fingerprint density at radius 3 is 2.40 bits per heavy atom. The molecule has 5 nitrogen and oxygen atoms in total. The van der Waals surface area contributed by atoms with E-state index in [1.54, 1.807) is 53.3 Å². The van der Waals surface area contributed by atoms with Gasteiger partial charge in [0, 0.05) is 22.4 Å². The van der Waals surface area contributed by atoms with E-state index in [2.05, 4.69) is 13.8 Å². The van der Waals surface area contributed by atoms with Crippen molar-refractivity contribution in [1.29, 1.82) is 0 Å². The molecule has 1 fully saturated rings. The van der Waals surface area contributed by atoms with Crippen LogP contribution in [0.3, 0.4) is 0 Å². The molecule has 2 aliphatic heterocycles. The highest BCUT2D eigenvalue weighted by Gasteiger charge is 2.63. The Hall–Kier alpha value is -3.32. The smallest absolute Gasteiger partial charge is 0.268 e. The fourth-order valence-corrected chi connectivity index (χ4v) is 6.66. The van der Waals surface area contributed by atoms with Crippen LogP contribution < -0.4 is 9.64 Å². The first kappa shape index (κ1) is 23.4. The van der Waals surface area contributed by atoms with Gasteiger partial charge < -0.3 is 14.5 Å². The van der Waals surface area contributed by atoms with Crippen LogP contribution in [0.5, 0.6) is 5.75 Å². The van der Waals surface area contributed by atoms with E-state index in [0.29, 0.717) is 24.4 Å². The van der Waals surface area contributed by atoms with Crippen LogP contribution >= 0.6 is 11.8 Å². The summed E-state index contributed by atoms with van der Waals surface area (Å²) in [6.07, 6.45) is 0. The van der Waals surface area contributed by atoms with Crippen LogP contribution in [-0.4, -0.2) is 35.1 Å². The van der Waals surface area contributed by atoms with E-state index >= 15 is 0 Å². The number of amides is 2. The van der Waals surface area contributed by atoms with Crippen molar-refractivity contribution < 1.29 is 18.7 Å². The van der Waals surface area contributed by atoms with Gasteiger partial charge in [0.2, 0.25) is 0 Å². The number of thioether (sulfide) groups is 1. The molecule has 1 atom stereocenters.